The molecule has 15 heavy (non-hydrogen) atoms. The third-order valence-corrected chi connectivity index (χ3v) is 3.57. The van der Waals surface area contributed by atoms with E-state index in [0.717, 1.165) is 22.2 Å². The van der Waals surface area contributed by atoms with Gasteiger partial charge in [-0.2, -0.15) is 0 Å². The molecule has 0 aromatic carbocycles. The first-order chi connectivity index (χ1) is 7.33. The van der Waals surface area contributed by atoms with Gasteiger partial charge < -0.3 is 9.73 Å². The summed E-state index contributed by atoms with van der Waals surface area (Å²) in [6.07, 6.45) is 1.68. The summed E-state index contributed by atoms with van der Waals surface area (Å²) in [5.41, 5.74) is 0. The Kier molecular flexibility index (Phi) is 3.46. The fourth-order valence-corrected chi connectivity index (χ4v) is 2.74. The smallest absolute Gasteiger partial charge is 0.126 e. The van der Waals surface area contributed by atoms with E-state index in [1.54, 1.807) is 17.6 Å². The minimum atomic E-state index is 0.0671. The van der Waals surface area contributed by atoms with E-state index in [2.05, 4.69) is 12.2 Å². The molecule has 0 aliphatic carbocycles. The van der Waals surface area contributed by atoms with Crippen molar-refractivity contribution in [1.29, 1.82) is 0 Å². The van der Waals surface area contributed by atoms with Crippen LogP contribution in [0.2, 0.25) is 5.02 Å². The molecule has 2 nitrogen and oxygen atoms in total. The zero-order chi connectivity index (χ0) is 10.7. The molecule has 4 heteroatoms. The minimum absolute atomic E-state index is 0.0671. The van der Waals surface area contributed by atoms with Crippen LogP contribution in [0.4, 0.5) is 0 Å². The highest BCUT2D eigenvalue weighted by molar-refractivity contribution is 7.10. The fourth-order valence-electron chi connectivity index (χ4n) is 1.49. The van der Waals surface area contributed by atoms with Crippen LogP contribution < -0.4 is 5.32 Å². The van der Waals surface area contributed by atoms with Crippen molar-refractivity contribution < 1.29 is 4.42 Å². The molecule has 0 radical (unpaired) electrons. The van der Waals surface area contributed by atoms with Crippen LogP contribution in [-0.4, -0.2) is 6.54 Å². The molecule has 0 fully saturated rings. The Morgan fingerprint density at radius 1 is 1.53 bits per heavy atom. The molecule has 0 spiro atoms. The molecule has 0 aliphatic rings. The number of hydrogen-bond acceptors (Lipinski definition) is 3. The maximum atomic E-state index is 6.12. The second-order valence-corrected chi connectivity index (χ2v) is 4.49. The highest BCUT2D eigenvalue weighted by Crippen LogP contribution is 2.32. The molecule has 1 atom stereocenters. The molecule has 0 bridgehead atoms. The molecule has 0 aliphatic heterocycles. The predicted molar refractivity (Wildman–Crippen MR) is 63.6 cm³/mol. The number of furan rings is 1. The molecule has 80 valence electrons. The first-order valence-electron chi connectivity index (χ1n) is 4.82. The Balaban J connectivity index is 2.32. The average molecular weight is 242 g/mol. The van der Waals surface area contributed by atoms with Gasteiger partial charge in [0, 0.05) is 4.88 Å². The van der Waals surface area contributed by atoms with E-state index >= 15 is 0 Å². The van der Waals surface area contributed by atoms with Crippen molar-refractivity contribution in [3.05, 3.63) is 45.5 Å². The Morgan fingerprint density at radius 3 is 2.93 bits per heavy atom. The summed E-state index contributed by atoms with van der Waals surface area (Å²) < 4.78 is 5.41. The van der Waals surface area contributed by atoms with Gasteiger partial charge in [0.15, 0.2) is 0 Å². The van der Waals surface area contributed by atoms with Gasteiger partial charge in [-0.1, -0.05) is 18.5 Å². The van der Waals surface area contributed by atoms with Crippen molar-refractivity contribution in [3.8, 4) is 0 Å². The number of rotatable bonds is 4. The molecular formula is C11H12ClNOS. The number of halogens is 1. The van der Waals surface area contributed by atoms with Gasteiger partial charge in [-0.15, -0.1) is 11.3 Å². The van der Waals surface area contributed by atoms with E-state index in [0.29, 0.717) is 0 Å². The molecule has 0 saturated carbocycles. The lowest BCUT2D eigenvalue weighted by Gasteiger charge is -2.14. The Hall–Kier alpha value is -0.770. The summed E-state index contributed by atoms with van der Waals surface area (Å²) in [6, 6.07) is 5.83. The predicted octanol–water partition coefficient (Wildman–Crippen LogP) is 3.69. The highest BCUT2D eigenvalue weighted by Gasteiger charge is 2.19. The topological polar surface area (TPSA) is 25.2 Å². The molecule has 2 aromatic heterocycles. The monoisotopic (exact) mass is 241 g/mol. The van der Waals surface area contributed by atoms with Crippen molar-refractivity contribution in [2.24, 2.45) is 0 Å². The molecule has 0 amide bonds. The lowest BCUT2D eigenvalue weighted by Crippen LogP contribution is -2.20. The van der Waals surface area contributed by atoms with Crippen molar-refractivity contribution in [2.45, 2.75) is 13.0 Å². The van der Waals surface area contributed by atoms with Crippen LogP contribution in [0, 0.1) is 0 Å². The number of thiophene rings is 1. The molecule has 2 heterocycles. The van der Waals surface area contributed by atoms with Gasteiger partial charge in [0.05, 0.1) is 11.3 Å². The van der Waals surface area contributed by atoms with E-state index in [9.17, 15) is 0 Å². The van der Waals surface area contributed by atoms with Crippen molar-refractivity contribution in [2.75, 3.05) is 6.54 Å². The third-order valence-electron chi connectivity index (χ3n) is 2.14. The minimum Gasteiger partial charge on any atom is -0.467 e. The van der Waals surface area contributed by atoms with Crippen LogP contribution in [0.3, 0.4) is 0 Å². The van der Waals surface area contributed by atoms with E-state index in [1.807, 2.05) is 23.6 Å². The summed E-state index contributed by atoms with van der Waals surface area (Å²) in [6.45, 7) is 2.94. The largest absolute Gasteiger partial charge is 0.467 e. The first kappa shape index (κ1) is 10.7. The van der Waals surface area contributed by atoms with Crippen LogP contribution in [-0.2, 0) is 0 Å². The zero-order valence-corrected chi connectivity index (χ0v) is 9.94. The molecule has 1 N–H and O–H groups in total. The van der Waals surface area contributed by atoms with Gasteiger partial charge >= 0.3 is 0 Å². The molecular weight excluding hydrogens is 230 g/mol. The quantitative estimate of drug-likeness (QED) is 0.883. The summed E-state index contributed by atoms with van der Waals surface area (Å²) in [7, 11) is 0. The van der Waals surface area contributed by atoms with Gasteiger partial charge in [-0.05, 0) is 30.1 Å². The fraction of sp³-hybridized carbons (Fsp3) is 0.273. The lowest BCUT2D eigenvalue weighted by molar-refractivity contribution is 0.455. The maximum Gasteiger partial charge on any atom is 0.126 e. The summed E-state index contributed by atoms with van der Waals surface area (Å²) in [4.78, 5) is 1.11. The van der Waals surface area contributed by atoms with E-state index < -0.39 is 0 Å². The highest BCUT2D eigenvalue weighted by atomic mass is 35.5. The van der Waals surface area contributed by atoms with Gasteiger partial charge in [0.1, 0.15) is 11.8 Å². The van der Waals surface area contributed by atoms with Crippen molar-refractivity contribution >= 4 is 22.9 Å². The summed E-state index contributed by atoms with van der Waals surface area (Å²) >= 11 is 7.76. The van der Waals surface area contributed by atoms with Gasteiger partial charge in [0.2, 0.25) is 0 Å². The molecule has 2 rings (SSSR count). The second-order valence-electron chi connectivity index (χ2n) is 3.14. The van der Waals surface area contributed by atoms with E-state index in [-0.39, 0.29) is 6.04 Å². The number of hydrogen-bond donors (Lipinski definition) is 1. The maximum absolute atomic E-state index is 6.12. The van der Waals surface area contributed by atoms with Gasteiger partial charge in [-0.3, -0.25) is 0 Å². The van der Waals surface area contributed by atoms with E-state index in [1.165, 1.54) is 0 Å². The lowest BCUT2D eigenvalue weighted by atomic mass is 10.2. The van der Waals surface area contributed by atoms with Crippen LogP contribution in [0.15, 0.2) is 34.3 Å². The normalized spacial score (nSPS) is 12.9. The van der Waals surface area contributed by atoms with Crippen molar-refractivity contribution in [3.63, 3.8) is 0 Å². The molecule has 2 aromatic rings. The first-order valence-corrected chi connectivity index (χ1v) is 6.08. The SMILES string of the molecule is CCNC(c1ccco1)c1sccc1Cl. The number of nitrogens with one attached hydrogen (secondary N) is 1. The van der Waals surface area contributed by atoms with Gasteiger partial charge in [0.25, 0.3) is 0 Å². The zero-order valence-electron chi connectivity index (χ0n) is 8.37. The summed E-state index contributed by atoms with van der Waals surface area (Å²) in [5, 5.41) is 6.15. The average Bonchev–Trinajstić information content (AvgIpc) is 2.85. The van der Waals surface area contributed by atoms with Crippen LogP contribution in [0.1, 0.15) is 23.6 Å². The van der Waals surface area contributed by atoms with Gasteiger partial charge in [-0.25, -0.2) is 0 Å². The van der Waals surface area contributed by atoms with Crippen LogP contribution >= 0.6 is 22.9 Å². The van der Waals surface area contributed by atoms with Crippen molar-refractivity contribution in [1.82, 2.24) is 5.32 Å². The molecule has 1 unspecified atom stereocenters. The second kappa shape index (κ2) is 4.84. The summed E-state index contributed by atoms with van der Waals surface area (Å²) in [5.74, 6) is 0.904. The van der Waals surface area contributed by atoms with Crippen LogP contribution in [0.5, 0.6) is 0 Å². The Bertz CT molecular complexity index is 410. The third kappa shape index (κ3) is 2.25. The Morgan fingerprint density at radius 2 is 2.40 bits per heavy atom. The molecule has 0 saturated heterocycles. The van der Waals surface area contributed by atoms with Crippen LogP contribution in [0.25, 0.3) is 0 Å². The standard InChI is InChI=1S/C11H12ClNOS/c1-2-13-10(9-4-3-6-14-9)11-8(12)5-7-15-11/h3-7,10,13H,2H2,1H3. The van der Waals surface area contributed by atoms with E-state index in [4.69, 9.17) is 16.0 Å². The Labute approximate surface area is 97.9 Å².